The van der Waals surface area contributed by atoms with E-state index in [1.807, 2.05) is 4.90 Å². The van der Waals surface area contributed by atoms with Gasteiger partial charge in [-0.15, -0.1) is 4.99 Å². The first kappa shape index (κ1) is 12.5. The van der Waals surface area contributed by atoms with E-state index in [1.165, 1.54) is 0 Å². The van der Waals surface area contributed by atoms with E-state index < -0.39 is 0 Å². The zero-order valence-electron chi connectivity index (χ0n) is 8.73. The van der Waals surface area contributed by atoms with Gasteiger partial charge >= 0.3 is 0 Å². The Morgan fingerprint density at radius 1 is 1.59 bits per heavy atom. The Labute approximate surface area is 113 Å². The van der Waals surface area contributed by atoms with E-state index in [9.17, 15) is 0 Å². The van der Waals surface area contributed by atoms with Gasteiger partial charge in [-0.3, -0.25) is 0 Å². The molecule has 0 N–H and O–H groups in total. The van der Waals surface area contributed by atoms with Gasteiger partial charge in [-0.05, 0) is 6.07 Å². The van der Waals surface area contributed by atoms with Gasteiger partial charge in [0.1, 0.15) is 5.15 Å². The summed E-state index contributed by atoms with van der Waals surface area (Å²) in [5, 5.41) is 10.3. The molecule has 17 heavy (non-hydrogen) atoms. The molecule has 2 heterocycles. The lowest BCUT2D eigenvalue weighted by Gasteiger charge is -2.17. The van der Waals surface area contributed by atoms with E-state index >= 15 is 0 Å². The maximum atomic E-state index is 8.57. The molecule has 1 aromatic rings. The topological polar surface area (TPSA) is 52.3 Å². The molecule has 1 aliphatic heterocycles. The van der Waals surface area contributed by atoms with Gasteiger partial charge in [0.15, 0.2) is 5.17 Å². The number of hydrogen-bond donors (Lipinski definition) is 0. The molecule has 1 saturated heterocycles. The summed E-state index contributed by atoms with van der Waals surface area (Å²) in [7, 11) is 0. The van der Waals surface area contributed by atoms with E-state index in [2.05, 4.69) is 9.98 Å². The van der Waals surface area contributed by atoms with Crippen LogP contribution in [0.15, 0.2) is 17.3 Å². The molecule has 0 aliphatic carbocycles. The van der Waals surface area contributed by atoms with Gasteiger partial charge in [0.25, 0.3) is 0 Å². The van der Waals surface area contributed by atoms with Gasteiger partial charge in [0.05, 0.1) is 5.02 Å². The molecular weight excluding hydrogens is 279 g/mol. The van der Waals surface area contributed by atoms with Crippen molar-refractivity contribution in [2.45, 2.75) is 6.54 Å². The number of rotatable bonds is 2. The zero-order chi connectivity index (χ0) is 12.3. The summed E-state index contributed by atoms with van der Waals surface area (Å²) in [4.78, 5) is 9.77. The molecule has 0 saturated carbocycles. The van der Waals surface area contributed by atoms with Crippen molar-refractivity contribution < 1.29 is 0 Å². The normalized spacial score (nSPS) is 17.5. The highest BCUT2D eigenvalue weighted by atomic mass is 35.5. The Balaban J connectivity index is 2.16. The summed E-state index contributed by atoms with van der Waals surface area (Å²) in [5.74, 6) is 0.930. The van der Waals surface area contributed by atoms with Crippen molar-refractivity contribution in [3.05, 3.63) is 28.0 Å². The molecule has 1 fully saturated rings. The van der Waals surface area contributed by atoms with Crippen LogP contribution in [0.3, 0.4) is 0 Å². The SMILES string of the molecule is N#CN=C1SCCN1Cc1cnc(Cl)cc1Cl. The molecule has 0 atom stereocenters. The van der Waals surface area contributed by atoms with Crippen molar-refractivity contribution in [3.63, 3.8) is 0 Å². The van der Waals surface area contributed by atoms with Gasteiger partial charge in [-0.2, -0.15) is 5.26 Å². The molecule has 7 heteroatoms. The maximum Gasteiger partial charge on any atom is 0.208 e. The van der Waals surface area contributed by atoms with E-state index in [-0.39, 0.29) is 0 Å². The second-order valence-corrected chi connectivity index (χ2v) is 5.22. The van der Waals surface area contributed by atoms with E-state index in [4.69, 9.17) is 28.5 Å². The second-order valence-electron chi connectivity index (χ2n) is 3.36. The first-order valence-electron chi connectivity index (χ1n) is 4.85. The molecular formula is C10H8Cl2N4S. The molecule has 2 rings (SSSR count). The molecule has 1 aliphatic rings. The van der Waals surface area contributed by atoms with Crippen LogP contribution in [0.25, 0.3) is 0 Å². The third-order valence-electron chi connectivity index (χ3n) is 2.27. The highest BCUT2D eigenvalue weighted by Crippen LogP contribution is 2.24. The third kappa shape index (κ3) is 3.03. The van der Waals surface area contributed by atoms with Crippen molar-refractivity contribution in [1.82, 2.24) is 9.88 Å². The highest BCUT2D eigenvalue weighted by molar-refractivity contribution is 8.14. The lowest BCUT2D eigenvalue weighted by atomic mass is 10.2. The predicted octanol–water partition coefficient (Wildman–Crippen LogP) is 2.77. The number of amidine groups is 1. The number of nitriles is 1. The Morgan fingerprint density at radius 2 is 2.41 bits per heavy atom. The largest absolute Gasteiger partial charge is 0.345 e. The Kier molecular flexibility index (Phi) is 4.11. The van der Waals surface area contributed by atoms with Crippen LogP contribution in [0.1, 0.15) is 5.56 Å². The number of aliphatic imine (C=N–C) groups is 1. The van der Waals surface area contributed by atoms with Crippen LogP contribution in [-0.2, 0) is 6.54 Å². The summed E-state index contributed by atoms with van der Waals surface area (Å²) >= 11 is 13.4. The van der Waals surface area contributed by atoms with Crippen LogP contribution >= 0.6 is 35.0 Å². The Morgan fingerprint density at radius 3 is 3.12 bits per heavy atom. The molecule has 0 radical (unpaired) electrons. The smallest absolute Gasteiger partial charge is 0.208 e. The fourth-order valence-electron chi connectivity index (χ4n) is 1.48. The number of thioether (sulfide) groups is 1. The minimum absolute atomic E-state index is 0.375. The van der Waals surface area contributed by atoms with Crippen molar-refractivity contribution >= 4 is 40.1 Å². The van der Waals surface area contributed by atoms with Crippen LogP contribution in [-0.4, -0.2) is 27.3 Å². The van der Waals surface area contributed by atoms with E-state index in [0.717, 1.165) is 23.0 Å². The average molecular weight is 287 g/mol. The number of pyridine rings is 1. The van der Waals surface area contributed by atoms with Crippen LogP contribution in [0.2, 0.25) is 10.2 Å². The first-order valence-corrected chi connectivity index (χ1v) is 6.59. The van der Waals surface area contributed by atoms with Crippen LogP contribution in [0, 0.1) is 11.5 Å². The van der Waals surface area contributed by atoms with Crippen LogP contribution < -0.4 is 0 Å². The maximum absolute atomic E-state index is 8.57. The number of hydrogen-bond acceptors (Lipinski definition) is 4. The number of nitrogens with zero attached hydrogens (tertiary/aromatic N) is 4. The average Bonchev–Trinajstić information content (AvgIpc) is 2.71. The monoisotopic (exact) mass is 286 g/mol. The summed E-state index contributed by atoms with van der Waals surface area (Å²) in [6, 6.07) is 1.61. The molecule has 1 aromatic heterocycles. The number of halogens is 2. The highest BCUT2D eigenvalue weighted by Gasteiger charge is 2.20. The molecule has 88 valence electrons. The fraction of sp³-hybridized carbons (Fsp3) is 0.300. The van der Waals surface area contributed by atoms with Crippen LogP contribution in [0.4, 0.5) is 0 Å². The number of aromatic nitrogens is 1. The van der Waals surface area contributed by atoms with Crippen molar-refractivity contribution in [3.8, 4) is 6.19 Å². The molecule has 0 amide bonds. The molecule has 0 bridgehead atoms. The summed E-state index contributed by atoms with van der Waals surface area (Å²) in [5.41, 5.74) is 0.879. The minimum atomic E-state index is 0.375. The van der Waals surface area contributed by atoms with Gasteiger partial charge in [0.2, 0.25) is 6.19 Å². The predicted molar refractivity (Wildman–Crippen MR) is 70.2 cm³/mol. The molecule has 4 nitrogen and oxygen atoms in total. The van der Waals surface area contributed by atoms with Gasteiger partial charge < -0.3 is 4.90 Å². The van der Waals surface area contributed by atoms with E-state index in [0.29, 0.717) is 16.7 Å². The fourth-order valence-corrected chi connectivity index (χ4v) is 2.85. The Bertz CT molecular complexity index is 498. The zero-order valence-corrected chi connectivity index (χ0v) is 11.1. The van der Waals surface area contributed by atoms with Crippen molar-refractivity contribution in [2.75, 3.05) is 12.3 Å². The summed E-state index contributed by atoms with van der Waals surface area (Å²) in [6.45, 7) is 1.45. The van der Waals surface area contributed by atoms with Gasteiger partial charge in [-0.25, -0.2) is 4.98 Å². The molecule has 0 spiro atoms. The van der Waals surface area contributed by atoms with Crippen molar-refractivity contribution in [1.29, 1.82) is 5.26 Å². The summed E-state index contributed by atoms with van der Waals surface area (Å²) in [6.07, 6.45) is 3.46. The van der Waals surface area contributed by atoms with Gasteiger partial charge in [-0.1, -0.05) is 35.0 Å². The quantitative estimate of drug-likeness (QED) is 0.620. The lowest BCUT2D eigenvalue weighted by molar-refractivity contribution is 0.456. The van der Waals surface area contributed by atoms with E-state index in [1.54, 1.807) is 30.2 Å². The third-order valence-corrected chi connectivity index (χ3v) is 3.82. The molecule has 0 unspecified atom stereocenters. The standard InChI is InChI=1S/C10H8Cl2N4S/c11-8-3-9(12)14-4-7(8)5-16-1-2-17-10(16)15-6-13/h3-4H,1-2,5H2. The van der Waals surface area contributed by atoms with Gasteiger partial charge in [0, 0.05) is 30.6 Å². The van der Waals surface area contributed by atoms with Crippen LogP contribution in [0.5, 0.6) is 0 Å². The second kappa shape index (κ2) is 5.58. The minimum Gasteiger partial charge on any atom is -0.345 e. The Hall–Kier alpha value is -0.960. The summed E-state index contributed by atoms with van der Waals surface area (Å²) < 4.78 is 0. The van der Waals surface area contributed by atoms with Crippen molar-refractivity contribution in [2.24, 2.45) is 4.99 Å². The lowest BCUT2D eigenvalue weighted by Crippen LogP contribution is -2.23. The molecule has 0 aromatic carbocycles. The first-order chi connectivity index (χ1) is 8.20.